The molecule has 0 amide bonds. The number of hydrogen-bond donors (Lipinski definition) is 0. The van der Waals surface area contributed by atoms with Crippen LogP contribution in [0.3, 0.4) is 0 Å². The Morgan fingerprint density at radius 3 is 1.50 bits per heavy atom. The molecule has 0 fully saturated rings. The number of anilines is 6. The lowest BCUT2D eigenvalue weighted by Gasteiger charge is -2.46. The summed E-state index contributed by atoms with van der Waals surface area (Å²) in [4.78, 5) is 13.9. The highest BCUT2D eigenvalue weighted by atomic mass is 15.2. The predicted octanol–water partition coefficient (Wildman–Crippen LogP) is 14.2. The van der Waals surface area contributed by atoms with E-state index in [0.717, 1.165) is 73.0 Å². The number of nitrogens with zero attached hydrogens (tertiary/aromatic N) is 6. The first kappa shape index (κ1) is 36.4. The summed E-state index contributed by atoms with van der Waals surface area (Å²) >= 11 is 0. The lowest BCUT2D eigenvalue weighted by molar-refractivity contribution is 0.730. The zero-order valence-electron chi connectivity index (χ0n) is 33.5. The van der Waals surface area contributed by atoms with E-state index in [1.165, 1.54) is 11.1 Å². The van der Waals surface area contributed by atoms with E-state index >= 15 is 0 Å². The summed E-state index contributed by atoms with van der Waals surface area (Å²) in [6, 6.07) is 77.9. The number of benzene rings is 8. The largest absolute Gasteiger partial charge is 0.310 e. The summed E-state index contributed by atoms with van der Waals surface area (Å²) in [5, 5.41) is 12.1. The van der Waals surface area contributed by atoms with Crippen molar-refractivity contribution in [3.05, 3.63) is 258 Å². The van der Waals surface area contributed by atoms with Crippen LogP contribution in [0.15, 0.2) is 218 Å². The standard InChI is InChI=1S/C56H36N6/c1-58-42-30-34-44(35-31-42)60(43-32-28-39(38-57)29-33-43)45-36-54(61-50-24-12-8-20-46(50)47-21-9-13-25-51(47)61)59-55(37-45)62-52-26-14-10-22-48(52)56(40-16-4-2-5-17-40,41-18-6-3-7-19-41)49-23-11-15-27-53(49)62/h2-37H. The predicted molar refractivity (Wildman–Crippen MR) is 251 cm³/mol. The van der Waals surface area contributed by atoms with E-state index in [1.807, 2.05) is 48.5 Å². The molecule has 3 heterocycles. The van der Waals surface area contributed by atoms with Crippen LogP contribution in [0.2, 0.25) is 0 Å². The van der Waals surface area contributed by atoms with Crippen LogP contribution in [0, 0.1) is 17.9 Å². The molecule has 6 nitrogen and oxygen atoms in total. The zero-order valence-corrected chi connectivity index (χ0v) is 33.5. The lowest BCUT2D eigenvalue weighted by atomic mass is 9.62. The number of nitriles is 1. The second-order valence-corrected chi connectivity index (χ2v) is 15.4. The Kier molecular flexibility index (Phi) is 8.70. The van der Waals surface area contributed by atoms with Gasteiger partial charge in [0.2, 0.25) is 0 Å². The molecule has 62 heavy (non-hydrogen) atoms. The van der Waals surface area contributed by atoms with Gasteiger partial charge in [0.15, 0.2) is 5.69 Å². The number of pyridine rings is 1. The van der Waals surface area contributed by atoms with Gasteiger partial charge in [0.1, 0.15) is 11.6 Å². The first-order valence-electron chi connectivity index (χ1n) is 20.6. The number of para-hydroxylation sites is 4. The molecule has 0 saturated carbocycles. The fourth-order valence-electron chi connectivity index (χ4n) is 9.48. The van der Waals surface area contributed by atoms with E-state index in [2.05, 4.69) is 195 Å². The summed E-state index contributed by atoms with van der Waals surface area (Å²) < 4.78 is 2.26. The first-order valence-corrected chi connectivity index (χ1v) is 20.6. The van der Waals surface area contributed by atoms with Crippen molar-refractivity contribution in [3.63, 3.8) is 0 Å². The molecule has 0 aliphatic carbocycles. The first-order chi connectivity index (χ1) is 30.7. The molecule has 10 aromatic rings. The normalized spacial score (nSPS) is 12.6. The van der Waals surface area contributed by atoms with Gasteiger partial charge in [-0.3, -0.25) is 9.47 Å². The molecule has 6 heteroatoms. The van der Waals surface area contributed by atoms with Crippen LogP contribution in [-0.4, -0.2) is 9.55 Å². The Labute approximate surface area is 359 Å². The van der Waals surface area contributed by atoms with Gasteiger partial charge in [-0.2, -0.15) is 5.26 Å². The monoisotopic (exact) mass is 792 g/mol. The number of fused-ring (bicyclic) bond motifs is 5. The molecule has 0 saturated heterocycles. The Morgan fingerprint density at radius 1 is 0.500 bits per heavy atom. The van der Waals surface area contributed by atoms with E-state index in [0.29, 0.717) is 11.3 Å². The van der Waals surface area contributed by atoms with Crippen molar-refractivity contribution in [3.8, 4) is 11.9 Å². The molecular formula is C56H36N6. The Bertz CT molecular complexity index is 3180. The minimum atomic E-state index is -0.640. The molecular weight excluding hydrogens is 757 g/mol. The van der Waals surface area contributed by atoms with Crippen LogP contribution in [0.25, 0.3) is 32.5 Å². The maximum atomic E-state index is 9.79. The van der Waals surface area contributed by atoms with Crippen molar-refractivity contribution < 1.29 is 0 Å². The number of rotatable bonds is 7. The van der Waals surface area contributed by atoms with E-state index < -0.39 is 5.41 Å². The van der Waals surface area contributed by atoms with Crippen LogP contribution in [0.4, 0.5) is 39.9 Å². The van der Waals surface area contributed by atoms with Crippen molar-refractivity contribution in [2.45, 2.75) is 5.41 Å². The average Bonchev–Trinajstić information content (AvgIpc) is 3.68. The van der Waals surface area contributed by atoms with E-state index in [9.17, 15) is 5.26 Å². The maximum absolute atomic E-state index is 9.79. The van der Waals surface area contributed by atoms with Gasteiger partial charge in [-0.15, -0.1) is 0 Å². The van der Waals surface area contributed by atoms with Crippen molar-refractivity contribution >= 4 is 61.7 Å². The SMILES string of the molecule is [C-]#[N+]c1ccc(N(c2ccc(C#N)cc2)c2cc(N3c4ccccc4C(c4ccccc4)(c4ccccc4)c4ccccc43)nc(-n3c4ccccc4c4ccccc43)c2)cc1. The Hall–Kier alpha value is -8.71. The molecule has 8 aromatic carbocycles. The van der Waals surface area contributed by atoms with E-state index in [4.69, 9.17) is 11.6 Å². The third-order valence-corrected chi connectivity index (χ3v) is 12.1. The second-order valence-electron chi connectivity index (χ2n) is 15.4. The molecule has 0 atom stereocenters. The minimum absolute atomic E-state index is 0.553. The van der Waals surface area contributed by atoms with Crippen LogP contribution in [-0.2, 0) is 5.41 Å². The smallest absolute Gasteiger partial charge is 0.187 e. The Balaban J connectivity index is 1.24. The topological polar surface area (TPSA) is 52.5 Å². The average molecular weight is 793 g/mol. The van der Waals surface area contributed by atoms with Gasteiger partial charge in [0.05, 0.1) is 51.7 Å². The molecule has 0 N–H and O–H groups in total. The molecule has 1 aliphatic rings. The van der Waals surface area contributed by atoms with Crippen molar-refractivity contribution in [2.75, 3.05) is 9.80 Å². The molecule has 0 bridgehead atoms. The molecule has 2 aromatic heterocycles. The van der Waals surface area contributed by atoms with Gasteiger partial charge in [-0.1, -0.05) is 146 Å². The third-order valence-electron chi connectivity index (χ3n) is 12.1. The van der Waals surface area contributed by atoms with Crippen LogP contribution < -0.4 is 9.80 Å². The fraction of sp³-hybridized carbons (Fsp3) is 0.0179. The zero-order chi connectivity index (χ0) is 41.6. The highest BCUT2D eigenvalue weighted by Gasteiger charge is 2.46. The minimum Gasteiger partial charge on any atom is -0.310 e. The van der Waals surface area contributed by atoms with E-state index in [-0.39, 0.29) is 0 Å². The van der Waals surface area contributed by atoms with Crippen LogP contribution in [0.1, 0.15) is 27.8 Å². The lowest BCUT2D eigenvalue weighted by Crippen LogP contribution is -2.38. The number of aromatic nitrogens is 2. The molecule has 0 radical (unpaired) electrons. The Morgan fingerprint density at radius 2 is 0.968 bits per heavy atom. The summed E-state index contributed by atoms with van der Waals surface area (Å²) in [5.74, 6) is 1.47. The number of hydrogen-bond acceptors (Lipinski definition) is 4. The highest BCUT2D eigenvalue weighted by Crippen LogP contribution is 2.57. The quantitative estimate of drug-likeness (QED) is 0.151. The maximum Gasteiger partial charge on any atom is 0.187 e. The van der Waals surface area contributed by atoms with Crippen molar-refractivity contribution in [1.82, 2.24) is 9.55 Å². The van der Waals surface area contributed by atoms with Gasteiger partial charge >= 0.3 is 0 Å². The van der Waals surface area contributed by atoms with Crippen molar-refractivity contribution in [2.24, 2.45) is 0 Å². The van der Waals surface area contributed by atoms with Gasteiger partial charge in [-0.25, -0.2) is 9.83 Å². The van der Waals surface area contributed by atoms with E-state index in [1.54, 1.807) is 0 Å². The van der Waals surface area contributed by atoms with Crippen molar-refractivity contribution in [1.29, 1.82) is 5.26 Å². The third kappa shape index (κ3) is 5.67. The van der Waals surface area contributed by atoms with Crippen LogP contribution >= 0.6 is 0 Å². The van der Waals surface area contributed by atoms with Gasteiger partial charge in [-0.05, 0) is 82.9 Å². The fourth-order valence-corrected chi connectivity index (χ4v) is 9.48. The van der Waals surface area contributed by atoms with Gasteiger partial charge in [0, 0.05) is 34.3 Å². The molecule has 0 spiro atoms. The van der Waals surface area contributed by atoms with Crippen LogP contribution in [0.5, 0.6) is 0 Å². The summed E-state index contributed by atoms with van der Waals surface area (Å²) in [6.07, 6.45) is 0. The van der Waals surface area contributed by atoms with Gasteiger partial charge < -0.3 is 4.90 Å². The highest BCUT2D eigenvalue weighted by molar-refractivity contribution is 6.09. The summed E-state index contributed by atoms with van der Waals surface area (Å²) in [7, 11) is 0. The summed E-state index contributed by atoms with van der Waals surface area (Å²) in [6.45, 7) is 7.70. The molecule has 11 rings (SSSR count). The molecule has 290 valence electrons. The molecule has 1 aliphatic heterocycles. The second kappa shape index (κ2) is 14.8. The molecule has 0 unspecified atom stereocenters. The summed E-state index contributed by atoms with van der Waals surface area (Å²) in [5.41, 5.74) is 11.8. The van der Waals surface area contributed by atoms with Gasteiger partial charge in [0.25, 0.3) is 0 Å².